The highest BCUT2D eigenvalue weighted by molar-refractivity contribution is 6.31. The molecule has 1 aromatic heterocycles. The van der Waals surface area contributed by atoms with Crippen LogP contribution in [0.3, 0.4) is 0 Å². The van der Waals surface area contributed by atoms with E-state index in [0.717, 1.165) is 18.4 Å². The van der Waals surface area contributed by atoms with Gasteiger partial charge in [-0.3, -0.25) is 0 Å². The Hall–Kier alpha value is -0.380. The molecule has 13 heavy (non-hydrogen) atoms. The van der Waals surface area contributed by atoms with Crippen molar-refractivity contribution in [1.82, 2.24) is 10.2 Å². The van der Waals surface area contributed by atoms with Crippen LogP contribution in [0.15, 0.2) is 6.07 Å². The van der Waals surface area contributed by atoms with Crippen molar-refractivity contribution >= 4 is 23.2 Å². The van der Waals surface area contributed by atoms with Crippen LogP contribution in [-0.2, 0) is 6.42 Å². The summed E-state index contributed by atoms with van der Waals surface area (Å²) in [4.78, 5) is 0. The first-order valence-electron chi connectivity index (χ1n) is 4.03. The van der Waals surface area contributed by atoms with E-state index in [-0.39, 0.29) is 6.04 Å². The van der Waals surface area contributed by atoms with Crippen LogP contribution in [0, 0.1) is 0 Å². The first kappa shape index (κ1) is 10.7. The molecule has 1 atom stereocenters. The molecule has 1 rings (SSSR count). The molecule has 0 unspecified atom stereocenters. The van der Waals surface area contributed by atoms with Gasteiger partial charge in [-0.25, -0.2) is 0 Å². The molecule has 5 heteroatoms. The number of aromatic nitrogens is 2. The smallest absolute Gasteiger partial charge is 0.155 e. The van der Waals surface area contributed by atoms with Crippen molar-refractivity contribution in [1.29, 1.82) is 0 Å². The lowest BCUT2D eigenvalue weighted by Crippen LogP contribution is -2.15. The van der Waals surface area contributed by atoms with E-state index in [0.29, 0.717) is 10.3 Å². The fraction of sp³-hybridized carbons (Fsp3) is 0.500. The van der Waals surface area contributed by atoms with Crippen molar-refractivity contribution < 1.29 is 0 Å². The summed E-state index contributed by atoms with van der Waals surface area (Å²) < 4.78 is 0. The first-order chi connectivity index (χ1) is 6.09. The number of aryl methyl sites for hydroxylation is 1. The standard InChI is InChI=1S/C8H11Cl2N3/c1-5(11)2-3-6-4-7(9)12-13-8(6)10/h4-5H,2-3,11H2,1H3/t5-/m1/s1. The topological polar surface area (TPSA) is 51.8 Å². The van der Waals surface area contributed by atoms with E-state index in [2.05, 4.69) is 10.2 Å². The molecular weight excluding hydrogens is 209 g/mol. The lowest BCUT2D eigenvalue weighted by atomic mass is 10.1. The van der Waals surface area contributed by atoms with Gasteiger partial charge < -0.3 is 5.73 Å². The van der Waals surface area contributed by atoms with E-state index in [1.54, 1.807) is 6.07 Å². The maximum atomic E-state index is 5.81. The predicted molar refractivity (Wildman–Crippen MR) is 54.0 cm³/mol. The van der Waals surface area contributed by atoms with Crippen LogP contribution < -0.4 is 5.73 Å². The largest absolute Gasteiger partial charge is 0.328 e. The van der Waals surface area contributed by atoms with Crippen LogP contribution in [0.4, 0.5) is 0 Å². The van der Waals surface area contributed by atoms with E-state index >= 15 is 0 Å². The highest BCUT2D eigenvalue weighted by Crippen LogP contribution is 2.17. The van der Waals surface area contributed by atoms with Gasteiger partial charge in [0.2, 0.25) is 0 Å². The van der Waals surface area contributed by atoms with Crippen molar-refractivity contribution in [3.63, 3.8) is 0 Å². The highest BCUT2D eigenvalue weighted by atomic mass is 35.5. The van der Waals surface area contributed by atoms with Gasteiger partial charge in [-0.15, -0.1) is 10.2 Å². The number of halogens is 2. The molecule has 3 nitrogen and oxygen atoms in total. The molecule has 0 saturated carbocycles. The maximum Gasteiger partial charge on any atom is 0.155 e. The summed E-state index contributed by atoms with van der Waals surface area (Å²) in [6.07, 6.45) is 1.65. The SMILES string of the molecule is C[C@@H](N)CCc1cc(Cl)nnc1Cl. The molecule has 0 amide bonds. The second kappa shape index (κ2) is 4.74. The summed E-state index contributed by atoms with van der Waals surface area (Å²) in [5, 5.41) is 8.09. The van der Waals surface area contributed by atoms with Gasteiger partial charge in [0.15, 0.2) is 10.3 Å². The number of nitrogens with two attached hydrogens (primary N) is 1. The van der Waals surface area contributed by atoms with Crippen LogP contribution in [-0.4, -0.2) is 16.2 Å². The van der Waals surface area contributed by atoms with Gasteiger partial charge in [-0.1, -0.05) is 23.2 Å². The average molecular weight is 220 g/mol. The summed E-state index contributed by atoms with van der Waals surface area (Å²) in [5.41, 5.74) is 6.52. The molecule has 0 aliphatic carbocycles. The molecule has 0 aliphatic heterocycles. The summed E-state index contributed by atoms with van der Waals surface area (Å²) in [7, 11) is 0. The Bertz CT molecular complexity index is 289. The Balaban J connectivity index is 2.70. The van der Waals surface area contributed by atoms with Crippen LogP contribution in [0.2, 0.25) is 10.3 Å². The number of rotatable bonds is 3. The highest BCUT2D eigenvalue weighted by Gasteiger charge is 2.04. The summed E-state index contributed by atoms with van der Waals surface area (Å²) in [5.74, 6) is 0. The third kappa shape index (κ3) is 3.46. The molecule has 0 spiro atoms. The van der Waals surface area contributed by atoms with Gasteiger partial charge in [0.05, 0.1) is 0 Å². The van der Waals surface area contributed by atoms with E-state index in [1.165, 1.54) is 0 Å². The summed E-state index contributed by atoms with van der Waals surface area (Å²) >= 11 is 11.5. The van der Waals surface area contributed by atoms with Gasteiger partial charge >= 0.3 is 0 Å². The number of hydrogen-bond donors (Lipinski definition) is 1. The Labute approximate surface area is 87.2 Å². The number of nitrogens with zero attached hydrogens (tertiary/aromatic N) is 2. The van der Waals surface area contributed by atoms with E-state index in [1.807, 2.05) is 6.92 Å². The molecule has 0 aliphatic rings. The third-order valence-corrected chi connectivity index (χ3v) is 2.16. The van der Waals surface area contributed by atoms with Crippen molar-refractivity contribution in [3.05, 3.63) is 21.9 Å². The fourth-order valence-electron chi connectivity index (χ4n) is 0.947. The van der Waals surface area contributed by atoms with Gasteiger partial charge in [0, 0.05) is 6.04 Å². The zero-order chi connectivity index (χ0) is 9.84. The first-order valence-corrected chi connectivity index (χ1v) is 4.78. The van der Waals surface area contributed by atoms with Crippen LogP contribution in [0.25, 0.3) is 0 Å². The summed E-state index contributed by atoms with van der Waals surface area (Å²) in [6, 6.07) is 1.88. The Morgan fingerprint density at radius 2 is 2.15 bits per heavy atom. The lowest BCUT2D eigenvalue weighted by molar-refractivity contribution is 0.664. The molecule has 72 valence electrons. The normalized spacial score (nSPS) is 12.9. The van der Waals surface area contributed by atoms with Gasteiger partial charge in [-0.2, -0.15) is 0 Å². The van der Waals surface area contributed by atoms with Gasteiger partial charge in [-0.05, 0) is 31.4 Å². The Morgan fingerprint density at radius 1 is 1.46 bits per heavy atom. The lowest BCUT2D eigenvalue weighted by Gasteiger charge is -2.05. The molecule has 0 saturated heterocycles. The molecular formula is C8H11Cl2N3. The van der Waals surface area contributed by atoms with Crippen molar-refractivity contribution in [2.45, 2.75) is 25.8 Å². The zero-order valence-corrected chi connectivity index (χ0v) is 8.81. The van der Waals surface area contributed by atoms with Crippen LogP contribution in [0.5, 0.6) is 0 Å². The molecule has 0 radical (unpaired) electrons. The van der Waals surface area contributed by atoms with E-state index < -0.39 is 0 Å². The van der Waals surface area contributed by atoms with E-state index in [4.69, 9.17) is 28.9 Å². The monoisotopic (exact) mass is 219 g/mol. The zero-order valence-electron chi connectivity index (χ0n) is 7.30. The van der Waals surface area contributed by atoms with E-state index in [9.17, 15) is 0 Å². The van der Waals surface area contributed by atoms with Crippen LogP contribution >= 0.6 is 23.2 Å². The quantitative estimate of drug-likeness (QED) is 0.848. The molecule has 0 bridgehead atoms. The third-order valence-electron chi connectivity index (χ3n) is 1.66. The second-order valence-electron chi connectivity index (χ2n) is 3.00. The second-order valence-corrected chi connectivity index (χ2v) is 3.74. The molecule has 1 aromatic rings. The predicted octanol–water partition coefficient (Wildman–Crippen LogP) is 2.06. The number of hydrogen-bond acceptors (Lipinski definition) is 3. The van der Waals surface area contributed by atoms with Crippen molar-refractivity contribution in [2.24, 2.45) is 5.73 Å². The minimum absolute atomic E-state index is 0.156. The van der Waals surface area contributed by atoms with Gasteiger partial charge in [0.25, 0.3) is 0 Å². The summed E-state index contributed by atoms with van der Waals surface area (Å²) in [6.45, 7) is 1.95. The maximum absolute atomic E-state index is 5.81. The van der Waals surface area contributed by atoms with Crippen molar-refractivity contribution in [2.75, 3.05) is 0 Å². The molecule has 1 heterocycles. The molecule has 0 aromatic carbocycles. The average Bonchev–Trinajstić information content (AvgIpc) is 2.06. The molecule has 0 fully saturated rings. The Morgan fingerprint density at radius 3 is 2.77 bits per heavy atom. The molecule has 2 N–H and O–H groups in total. The van der Waals surface area contributed by atoms with Crippen molar-refractivity contribution in [3.8, 4) is 0 Å². The Kier molecular flexibility index (Phi) is 3.90. The van der Waals surface area contributed by atoms with Crippen LogP contribution in [0.1, 0.15) is 18.9 Å². The van der Waals surface area contributed by atoms with Gasteiger partial charge in [0.1, 0.15) is 0 Å². The minimum atomic E-state index is 0.156. The fourth-order valence-corrected chi connectivity index (χ4v) is 1.30. The minimum Gasteiger partial charge on any atom is -0.328 e.